The molecule has 2 aromatic carbocycles. The van der Waals surface area contributed by atoms with Gasteiger partial charge in [0.1, 0.15) is 10.7 Å². The van der Waals surface area contributed by atoms with Gasteiger partial charge in [-0.2, -0.15) is 0 Å². The zero-order valence-electron chi connectivity index (χ0n) is 11.6. The summed E-state index contributed by atoms with van der Waals surface area (Å²) < 4.78 is 5.42. The number of nitrogens with two attached hydrogens (primary N) is 1. The van der Waals surface area contributed by atoms with E-state index in [4.69, 9.17) is 22.7 Å². The summed E-state index contributed by atoms with van der Waals surface area (Å²) in [6, 6.07) is 13.8. The highest BCUT2D eigenvalue weighted by atomic mass is 32.1. The zero-order valence-corrected chi connectivity index (χ0v) is 12.5. The number of hydrogen-bond acceptors (Lipinski definition) is 3. The van der Waals surface area contributed by atoms with Crippen LogP contribution in [0.25, 0.3) is 0 Å². The fourth-order valence-corrected chi connectivity index (χ4v) is 2.21. The lowest BCUT2D eigenvalue weighted by molar-refractivity contribution is 0.340. The standard InChI is InChI=1S/C16H18N2OS/c1-3-19-14-7-4-12(5-8-14)18-13-6-9-15(16(17)20)11(2)10-13/h4-10,18H,3H2,1-2H3,(H2,17,20). The summed E-state index contributed by atoms with van der Waals surface area (Å²) in [6.45, 7) is 4.64. The molecule has 3 nitrogen and oxygen atoms in total. The number of benzene rings is 2. The van der Waals surface area contributed by atoms with Gasteiger partial charge in [0.05, 0.1) is 6.61 Å². The number of ether oxygens (including phenoxy) is 1. The van der Waals surface area contributed by atoms with E-state index in [2.05, 4.69) is 5.32 Å². The van der Waals surface area contributed by atoms with E-state index in [1.807, 2.05) is 56.3 Å². The van der Waals surface area contributed by atoms with Crippen LogP contribution in [-0.4, -0.2) is 11.6 Å². The Bertz CT molecular complexity index is 608. The number of anilines is 2. The third-order valence-corrected chi connectivity index (χ3v) is 3.17. The number of thiocarbonyl (C=S) groups is 1. The first-order chi connectivity index (χ1) is 9.60. The molecular weight excluding hydrogens is 268 g/mol. The molecule has 0 fully saturated rings. The topological polar surface area (TPSA) is 47.3 Å². The summed E-state index contributed by atoms with van der Waals surface area (Å²) in [6.07, 6.45) is 0. The Morgan fingerprint density at radius 1 is 1.15 bits per heavy atom. The van der Waals surface area contributed by atoms with E-state index in [-0.39, 0.29) is 0 Å². The minimum Gasteiger partial charge on any atom is -0.494 e. The zero-order chi connectivity index (χ0) is 14.5. The van der Waals surface area contributed by atoms with E-state index in [0.29, 0.717) is 11.6 Å². The van der Waals surface area contributed by atoms with Crippen LogP contribution >= 0.6 is 12.2 Å². The van der Waals surface area contributed by atoms with Gasteiger partial charge in [0.2, 0.25) is 0 Å². The Labute approximate surface area is 124 Å². The van der Waals surface area contributed by atoms with Crippen LogP contribution in [0.2, 0.25) is 0 Å². The van der Waals surface area contributed by atoms with Gasteiger partial charge in [-0.15, -0.1) is 0 Å². The first-order valence-electron chi connectivity index (χ1n) is 6.50. The van der Waals surface area contributed by atoms with Gasteiger partial charge in [0.15, 0.2) is 0 Å². The molecule has 0 saturated heterocycles. The molecule has 0 aliphatic rings. The first kappa shape index (κ1) is 14.3. The monoisotopic (exact) mass is 286 g/mol. The molecule has 0 bridgehead atoms. The van der Waals surface area contributed by atoms with Crippen LogP contribution in [-0.2, 0) is 0 Å². The molecule has 4 heteroatoms. The van der Waals surface area contributed by atoms with Crippen molar-refractivity contribution in [1.29, 1.82) is 0 Å². The van der Waals surface area contributed by atoms with E-state index in [0.717, 1.165) is 28.3 Å². The van der Waals surface area contributed by atoms with Crippen LogP contribution in [0.5, 0.6) is 5.75 Å². The molecule has 0 amide bonds. The summed E-state index contributed by atoms with van der Waals surface area (Å²) in [7, 11) is 0. The van der Waals surface area contributed by atoms with Gasteiger partial charge in [-0.05, 0) is 61.9 Å². The van der Waals surface area contributed by atoms with E-state index in [1.165, 1.54) is 0 Å². The third kappa shape index (κ3) is 3.48. The molecule has 2 rings (SSSR count). The molecule has 0 aliphatic carbocycles. The molecule has 0 unspecified atom stereocenters. The van der Waals surface area contributed by atoms with Crippen molar-refractivity contribution in [3.63, 3.8) is 0 Å². The molecule has 0 saturated carbocycles. The second kappa shape index (κ2) is 6.39. The van der Waals surface area contributed by atoms with E-state index >= 15 is 0 Å². The summed E-state index contributed by atoms with van der Waals surface area (Å²) in [5, 5.41) is 3.34. The highest BCUT2D eigenvalue weighted by Crippen LogP contribution is 2.22. The molecule has 0 radical (unpaired) electrons. The van der Waals surface area contributed by atoms with Crippen LogP contribution in [0.4, 0.5) is 11.4 Å². The third-order valence-electron chi connectivity index (χ3n) is 2.95. The van der Waals surface area contributed by atoms with Crippen LogP contribution in [0.15, 0.2) is 42.5 Å². The van der Waals surface area contributed by atoms with Crippen molar-refractivity contribution >= 4 is 28.6 Å². The van der Waals surface area contributed by atoms with E-state index < -0.39 is 0 Å². The minimum absolute atomic E-state index is 0.426. The van der Waals surface area contributed by atoms with Crippen molar-refractivity contribution in [3.05, 3.63) is 53.6 Å². The Morgan fingerprint density at radius 3 is 2.35 bits per heavy atom. The number of nitrogens with one attached hydrogen (secondary N) is 1. The van der Waals surface area contributed by atoms with Crippen LogP contribution in [0, 0.1) is 6.92 Å². The van der Waals surface area contributed by atoms with Gasteiger partial charge >= 0.3 is 0 Å². The quantitative estimate of drug-likeness (QED) is 0.821. The predicted octanol–water partition coefficient (Wildman–Crippen LogP) is 3.77. The molecule has 20 heavy (non-hydrogen) atoms. The van der Waals surface area contributed by atoms with Crippen LogP contribution in [0.1, 0.15) is 18.1 Å². The first-order valence-corrected chi connectivity index (χ1v) is 6.91. The van der Waals surface area contributed by atoms with Gasteiger partial charge in [0.25, 0.3) is 0 Å². The van der Waals surface area contributed by atoms with Gasteiger partial charge in [0, 0.05) is 16.9 Å². The lowest BCUT2D eigenvalue weighted by Gasteiger charge is -2.10. The maximum Gasteiger partial charge on any atom is 0.119 e. The fourth-order valence-electron chi connectivity index (χ4n) is 1.99. The average Bonchev–Trinajstić information content (AvgIpc) is 2.41. The average molecular weight is 286 g/mol. The highest BCUT2D eigenvalue weighted by Gasteiger charge is 2.03. The molecule has 104 valence electrons. The molecule has 0 atom stereocenters. The second-order valence-corrected chi connectivity index (χ2v) is 4.92. The normalized spacial score (nSPS) is 10.1. The summed E-state index contributed by atoms with van der Waals surface area (Å²) >= 11 is 5.01. The van der Waals surface area contributed by atoms with Gasteiger partial charge in [-0.1, -0.05) is 12.2 Å². The van der Waals surface area contributed by atoms with E-state index in [1.54, 1.807) is 0 Å². The predicted molar refractivity (Wildman–Crippen MR) is 88.0 cm³/mol. The lowest BCUT2D eigenvalue weighted by atomic mass is 10.1. The second-order valence-electron chi connectivity index (χ2n) is 4.48. The highest BCUT2D eigenvalue weighted by molar-refractivity contribution is 7.80. The molecule has 2 aromatic rings. The number of hydrogen-bond donors (Lipinski definition) is 2. The largest absolute Gasteiger partial charge is 0.494 e. The van der Waals surface area contributed by atoms with Crippen LogP contribution < -0.4 is 15.8 Å². The molecule has 3 N–H and O–H groups in total. The number of rotatable bonds is 5. The minimum atomic E-state index is 0.426. The Hall–Kier alpha value is -2.07. The van der Waals surface area contributed by atoms with Crippen LogP contribution in [0.3, 0.4) is 0 Å². The van der Waals surface area contributed by atoms with E-state index in [9.17, 15) is 0 Å². The van der Waals surface area contributed by atoms with Crippen molar-refractivity contribution in [2.24, 2.45) is 5.73 Å². The van der Waals surface area contributed by atoms with Crippen molar-refractivity contribution in [2.45, 2.75) is 13.8 Å². The molecule has 0 aromatic heterocycles. The molecular formula is C16H18N2OS. The maximum atomic E-state index is 5.66. The smallest absolute Gasteiger partial charge is 0.119 e. The van der Waals surface area contributed by atoms with Crippen molar-refractivity contribution < 1.29 is 4.74 Å². The summed E-state index contributed by atoms with van der Waals surface area (Å²) in [4.78, 5) is 0.426. The SMILES string of the molecule is CCOc1ccc(Nc2ccc(C(N)=S)c(C)c2)cc1. The number of aryl methyl sites for hydroxylation is 1. The Morgan fingerprint density at radius 2 is 1.80 bits per heavy atom. The van der Waals surface area contributed by atoms with Crippen molar-refractivity contribution in [3.8, 4) is 5.75 Å². The summed E-state index contributed by atoms with van der Waals surface area (Å²) in [5.41, 5.74) is 9.65. The maximum absolute atomic E-state index is 5.66. The molecule has 0 spiro atoms. The lowest BCUT2D eigenvalue weighted by Crippen LogP contribution is -2.11. The van der Waals surface area contributed by atoms with Crippen molar-refractivity contribution in [2.75, 3.05) is 11.9 Å². The molecule has 0 heterocycles. The fraction of sp³-hybridized carbons (Fsp3) is 0.188. The Balaban J connectivity index is 2.13. The Kier molecular flexibility index (Phi) is 4.58. The van der Waals surface area contributed by atoms with Gasteiger partial charge in [-0.3, -0.25) is 0 Å². The summed E-state index contributed by atoms with van der Waals surface area (Å²) in [5.74, 6) is 0.873. The van der Waals surface area contributed by atoms with Gasteiger partial charge < -0.3 is 15.8 Å². The molecule has 0 aliphatic heterocycles. The van der Waals surface area contributed by atoms with Gasteiger partial charge in [-0.25, -0.2) is 0 Å². The van der Waals surface area contributed by atoms with Crippen molar-refractivity contribution in [1.82, 2.24) is 0 Å².